The van der Waals surface area contributed by atoms with Gasteiger partial charge in [0.15, 0.2) is 33.0 Å². The first kappa shape index (κ1) is 39.4. The topological polar surface area (TPSA) is 113 Å². The molecule has 0 spiro atoms. The molecule has 0 amide bonds. The van der Waals surface area contributed by atoms with Crippen molar-refractivity contribution < 1.29 is 35.1 Å². The predicted octanol–water partition coefficient (Wildman–Crippen LogP) is 7.13. The van der Waals surface area contributed by atoms with Gasteiger partial charge in [0.2, 0.25) is 9.05 Å². The van der Waals surface area contributed by atoms with Crippen LogP contribution in [0.4, 0.5) is 8.78 Å². The van der Waals surface area contributed by atoms with Crippen molar-refractivity contribution in [1.29, 1.82) is 0 Å². The molecule has 2 aromatic rings. The van der Waals surface area contributed by atoms with Gasteiger partial charge in [-0.25, -0.2) is 25.6 Å². The van der Waals surface area contributed by atoms with Crippen LogP contribution in [-0.4, -0.2) is 47.4 Å². The van der Waals surface area contributed by atoms with Crippen LogP contribution in [0.25, 0.3) is 0 Å². The Labute approximate surface area is 269 Å². The lowest BCUT2D eigenvalue weighted by Gasteiger charge is -2.13. The molecule has 2 saturated carbocycles. The summed E-state index contributed by atoms with van der Waals surface area (Å²) in [5, 5.41) is 0.956. The lowest BCUT2D eigenvalue weighted by Crippen LogP contribution is -2.10. The molecule has 0 bridgehead atoms. The molecule has 2 atom stereocenters. The van der Waals surface area contributed by atoms with E-state index in [1.54, 1.807) is 31.2 Å². The lowest BCUT2D eigenvalue weighted by atomic mass is 10.0. The van der Waals surface area contributed by atoms with Crippen molar-refractivity contribution in [3.05, 3.63) is 71.1 Å². The number of hydrogen-bond donors (Lipinski definition) is 1. The highest BCUT2D eigenvalue weighted by atomic mass is 35.7. The smallest absolute Gasteiger partial charge is 0.233 e. The Balaban J connectivity index is 0.000000355. The average Bonchev–Trinajstić information content (AvgIpc) is 3.83. The maximum Gasteiger partial charge on any atom is 0.233 e. The van der Waals surface area contributed by atoms with E-state index < -0.39 is 24.7 Å². The molecule has 0 unspecified atom stereocenters. The molecular formula is C29H40Cl3F2NO6S2. The summed E-state index contributed by atoms with van der Waals surface area (Å²) in [5.41, 5.74) is 7.38. The molecule has 2 fully saturated rings. The standard InChI is InChI=1S/C15H19FO3S.C12H16FNO.C2H4Cl2O2S.ClH/c1-3-20(17,18)10-11(2)13-6-7-14(16)15(8-13)19-9-12-4-5-12;1-8(14)10-4-5-11(13)12(6-10)15-7-9-2-3-9;3-1-2-7(4,5)6;/h3,6-8,11-12H,1,4-5,9-10H2,2H3;4-6,8-9H,2-3,7,14H2,1H3;1-2H2;1H/t11-;8-;;/m01../s1. The average molecular weight is 707 g/mol. The first-order chi connectivity index (χ1) is 19.6. The van der Waals surface area contributed by atoms with Crippen molar-refractivity contribution in [2.24, 2.45) is 17.6 Å². The Bertz CT molecular complexity index is 1390. The van der Waals surface area contributed by atoms with Crippen LogP contribution in [0.5, 0.6) is 11.5 Å². The second-order valence-corrected chi connectivity index (χ2v) is 15.8. The monoisotopic (exact) mass is 705 g/mol. The fourth-order valence-electron chi connectivity index (χ4n) is 3.44. The SMILES string of the molecule is C=CS(=O)(=O)C[C@H](C)c1ccc(F)c(OCC2CC2)c1.C[C@@H](N)c1ccc(F)c(OCC2CC2)c1.Cl.O=S(=O)(Cl)CCCl. The fourth-order valence-corrected chi connectivity index (χ4v) is 5.73. The summed E-state index contributed by atoms with van der Waals surface area (Å²) in [6.07, 6.45) is 4.67. The molecule has 0 saturated heterocycles. The fraction of sp³-hybridized carbons (Fsp3) is 0.517. The Hall–Kier alpha value is -1.63. The van der Waals surface area contributed by atoms with E-state index in [2.05, 4.69) is 6.58 Å². The summed E-state index contributed by atoms with van der Waals surface area (Å²) in [6.45, 7) is 8.11. The summed E-state index contributed by atoms with van der Waals surface area (Å²) in [6, 6.07) is 9.25. The normalized spacial score (nSPS) is 15.8. The van der Waals surface area contributed by atoms with Crippen molar-refractivity contribution in [3.8, 4) is 11.5 Å². The van der Waals surface area contributed by atoms with Gasteiger partial charge in [-0.1, -0.05) is 25.6 Å². The van der Waals surface area contributed by atoms with Gasteiger partial charge in [0.05, 0.1) is 24.7 Å². The van der Waals surface area contributed by atoms with Crippen LogP contribution in [-0.2, 0) is 18.9 Å². The second-order valence-electron chi connectivity index (χ2n) is 10.5. The lowest BCUT2D eigenvalue weighted by molar-refractivity contribution is 0.285. The van der Waals surface area contributed by atoms with Crippen LogP contribution in [0.3, 0.4) is 0 Å². The maximum atomic E-state index is 13.6. The highest BCUT2D eigenvalue weighted by Gasteiger charge is 2.24. The van der Waals surface area contributed by atoms with Crippen LogP contribution >= 0.6 is 34.7 Å². The predicted molar refractivity (Wildman–Crippen MR) is 172 cm³/mol. The third kappa shape index (κ3) is 16.3. The molecular weight excluding hydrogens is 667 g/mol. The Morgan fingerprint density at radius 3 is 1.72 bits per heavy atom. The van der Waals surface area contributed by atoms with E-state index in [0.717, 1.165) is 29.4 Å². The van der Waals surface area contributed by atoms with Gasteiger partial charge in [0, 0.05) is 28.0 Å². The van der Waals surface area contributed by atoms with Crippen molar-refractivity contribution in [2.45, 2.75) is 51.5 Å². The Kier molecular flexibility index (Phi) is 16.8. The van der Waals surface area contributed by atoms with E-state index in [9.17, 15) is 25.6 Å². The van der Waals surface area contributed by atoms with Gasteiger partial charge in [-0.3, -0.25) is 0 Å². The van der Waals surface area contributed by atoms with Crippen molar-refractivity contribution in [2.75, 3.05) is 30.6 Å². The molecule has 2 aromatic carbocycles. The number of halogens is 5. The third-order valence-electron chi connectivity index (χ3n) is 6.41. The summed E-state index contributed by atoms with van der Waals surface area (Å²) >= 11 is 5.02. The highest BCUT2D eigenvalue weighted by Crippen LogP contribution is 2.32. The summed E-state index contributed by atoms with van der Waals surface area (Å²) < 4.78 is 80.8. The number of nitrogens with two attached hydrogens (primary N) is 1. The minimum atomic E-state index is -3.33. The molecule has 43 heavy (non-hydrogen) atoms. The zero-order chi connectivity index (χ0) is 31.5. The number of ether oxygens (including phenoxy) is 2. The van der Waals surface area contributed by atoms with Gasteiger partial charge in [-0.2, -0.15) is 0 Å². The molecule has 0 aromatic heterocycles. The molecule has 244 valence electrons. The van der Waals surface area contributed by atoms with E-state index in [1.807, 2.05) is 6.92 Å². The van der Waals surface area contributed by atoms with Crippen LogP contribution in [0.15, 0.2) is 48.4 Å². The van der Waals surface area contributed by atoms with E-state index >= 15 is 0 Å². The Morgan fingerprint density at radius 1 is 0.930 bits per heavy atom. The van der Waals surface area contributed by atoms with Gasteiger partial charge in [-0.15, -0.1) is 24.0 Å². The van der Waals surface area contributed by atoms with Gasteiger partial charge >= 0.3 is 0 Å². The van der Waals surface area contributed by atoms with Crippen LogP contribution < -0.4 is 15.2 Å². The van der Waals surface area contributed by atoms with Crippen LogP contribution in [0, 0.1) is 23.5 Å². The molecule has 4 rings (SSSR count). The second kappa shape index (κ2) is 18.4. The zero-order valence-electron chi connectivity index (χ0n) is 24.2. The quantitative estimate of drug-likeness (QED) is 0.174. The number of alkyl halides is 1. The number of rotatable bonds is 13. The van der Waals surface area contributed by atoms with E-state index in [4.69, 9.17) is 37.5 Å². The minimum absolute atomic E-state index is 0. The summed E-state index contributed by atoms with van der Waals surface area (Å²) in [5.74, 6) is 0.621. The third-order valence-corrected chi connectivity index (χ3v) is 9.45. The van der Waals surface area contributed by atoms with Crippen LogP contribution in [0.1, 0.15) is 62.6 Å². The largest absolute Gasteiger partial charge is 0.490 e. The molecule has 7 nitrogen and oxygen atoms in total. The van der Waals surface area contributed by atoms with E-state index in [0.29, 0.717) is 30.8 Å². The van der Waals surface area contributed by atoms with Gasteiger partial charge in [0.25, 0.3) is 0 Å². The first-order valence-corrected chi connectivity index (χ1v) is 18.3. The summed E-state index contributed by atoms with van der Waals surface area (Å²) in [7, 11) is -1.89. The number of sulfone groups is 1. The van der Waals surface area contributed by atoms with Gasteiger partial charge in [0.1, 0.15) is 0 Å². The molecule has 0 aliphatic heterocycles. The molecule has 0 heterocycles. The number of hydrogen-bond acceptors (Lipinski definition) is 7. The Morgan fingerprint density at radius 2 is 1.37 bits per heavy atom. The minimum Gasteiger partial charge on any atom is -0.490 e. The molecule has 2 aliphatic rings. The van der Waals surface area contributed by atoms with Gasteiger partial charge < -0.3 is 15.2 Å². The molecule has 14 heteroatoms. The molecule has 2 N–H and O–H groups in total. The van der Waals surface area contributed by atoms with E-state index in [-0.39, 0.29) is 53.3 Å². The van der Waals surface area contributed by atoms with Gasteiger partial charge in [-0.05, 0) is 85.8 Å². The summed E-state index contributed by atoms with van der Waals surface area (Å²) in [4.78, 5) is 0. The van der Waals surface area contributed by atoms with Crippen molar-refractivity contribution >= 4 is 53.6 Å². The molecule has 0 radical (unpaired) electrons. The molecule has 2 aliphatic carbocycles. The van der Waals surface area contributed by atoms with Crippen LogP contribution in [0.2, 0.25) is 0 Å². The van der Waals surface area contributed by atoms with E-state index in [1.165, 1.54) is 25.0 Å². The first-order valence-electron chi connectivity index (χ1n) is 13.6. The zero-order valence-corrected chi connectivity index (χ0v) is 28.1. The maximum absolute atomic E-state index is 13.6. The highest BCUT2D eigenvalue weighted by molar-refractivity contribution is 8.13. The van der Waals surface area contributed by atoms with Crippen molar-refractivity contribution in [1.82, 2.24) is 0 Å². The number of benzene rings is 2. The van der Waals surface area contributed by atoms with Crippen molar-refractivity contribution in [3.63, 3.8) is 0 Å².